The molecule has 0 saturated carbocycles. The van der Waals surface area contributed by atoms with Crippen molar-refractivity contribution in [2.45, 2.75) is 45.1 Å². The maximum atomic E-state index is 12.4. The summed E-state index contributed by atoms with van der Waals surface area (Å²) in [6, 6.07) is 1.46. The Balaban J connectivity index is 3.29. The van der Waals surface area contributed by atoms with Gasteiger partial charge in [0.1, 0.15) is 0 Å². The van der Waals surface area contributed by atoms with Crippen molar-refractivity contribution in [3.8, 4) is 0 Å². The molecule has 0 aliphatic carbocycles. The van der Waals surface area contributed by atoms with Crippen molar-refractivity contribution in [2.24, 2.45) is 0 Å². The van der Waals surface area contributed by atoms with Gasteiger partial charge < -0.3 is 10.8 Å². The van der Waals surface area contributed by atoms with Crippen LogP contribution < -0.4 is 10.5 Å². The third-order valence-electron chi connectivity index (χ3n) is 3.26. The lowest BCUT2D eigenvalue weighted by molar-refractivity contribution is 0.275. The predicted molar refractivity (Wildman–Crippen MR) is 76.6 cm³/mol. The van der Waals surface area contributed by atoms with Crippen molar-refractivity contribution >= 4 is 15.7 Å². The molecule has 0 spiro atoms. The molecule has 19 heavy (non-hydrogen) atoms. The third kappa shape index (κ3) is 3.46. The van der Waals surface area contributed by atoms with Crippen LogP contribution in [0.2, 0.25) is 0 Å². The van der Waals surface area contributed by atoms with E-state index in [9.17, 15) is 8.42 Å². The highest BCUT2D eigenvalue weighted by Crippen LogP contribution is 2.27. The first-order valence-electron chi connectivity index (χ1n) is 6.20. The standard InChI is InChI=1S/C13H22N2O3S/c1-8-7-12(14)11(4)13(10(8)3)19(17,18)15-9(2)5-6-16/h7,9,15-16H,5-6,14H2,1-4H3. The second kappa shape index (κ2) is 5.90. The summed E-state index contributed by atoms with van der Waals surface area (Å²) in [7, 11) is -3.63. The lowest BCUT2D eigenvalue weighted by Gasteiger charge is -2.18. The monoisotopic (exact) mass is 286 g/mol. The zero-order chi connectivity index (χ0) is 14.8. The Morgan fingerprint density at radius 1 is 1.32 bits per heavy atom. The Morgan fingerprint density at radius 2 is 1.89 bits per heavy atom. The Hall–Kier alpha value is -1.11. The molecule has 0 aromatic heterocycles. The molecule has 0 amide bonds. The van der Waals surface area contributed by atoms with Gasteiger partial charge in [0.05, 0.1) is 4.90 Å². The molecule has 0 fully saturated rings. The second-order valence-electron chi connectivity index (χ2n) is 4.90. The molecular formula is C13H22N2O3S. The number of benzene rings is 1. The molecule has 0 radical (unpaired) electrons. The topological polar surface area (TPSA) is 92.4 Å². The van der Waals surface area contributed by atoms with Gasteiger partial charge in [-0.2, -0.15) is 0 Å². The zero-order valence-electron chi connectivity index (χ0n) is 11.8. The molecule has 1 aromatic rings. The number of sulfonamides is 1. The van der Waals surface area contributed by atoms with E-state index in [2.05, 4.69) is 4.72 Å². The van der Waals surface area contributed by atoms with E-state index >= 15 is 0 Å². The van der Waals surface area contributed by atoms with Crippen LogP contribution in [0.5, 0.6) is 0 Å². The van der Waals surface area contributed by atoms with Crippen LogP contribution in [-0.2, 0) is 10.0 Å². The van der Waals surface area contributed by atoms with Gasteiger partial charge in [0, 0.05) is 18.3 Å². The summed E-state index contributed by atoms with van der Waals surface area (Å²) in [5.41, 5.74) is 8.43. The Bertz CT molecular complexity index is 541. The van der Waals surface area contributed by atoms with E-state index in [1.54, 1.807) is 26.8 Å². The number of nitrogen functional groups attached to an aromatic ring is 1. The highest BCUT2D eigenvalue weighted by atomic mass is 32.2. The van der Waals surface area contributed by atoms with Gasteiger partial charge in [0.15, 0.2) is 0 Å². The minimum absolute atomic E-state index is 0.0579. The van der Waals surface area contributed by atoms with Crippen LogP contribution in [-0.4, -0.2) is 26.2 Å². The molecule has 0 aliphatic heterocycles. The van der Waals surface area contributed by atoms with Crippen LogP contribution in [0.1, 0.15) is 30.0 Å². The Morgan fingerprint density at radius 3 is 2.42 bits per heavy atom. The highest BCUT2D eigenvalue weighted by molar-refractivity contribution is 7.89. The number of rotatable bonds is 5. The van der Waals surface area contributed by atoms with Gasteiger partial charge in [-0.1, -0.05) is 0 Å². The van der Waals surface area contributed by atoms with Gasteiger partial charge in [0.2, 0.25) is 10.0 Å². The Kier molecular flexibility index (Phi) is 4.95. The maximum absolute atomic E-state index is 12.4. The van der Waals surface area contributed by atoms with E-state index in [1.807, 2.05) is 6.92 Å². The van der Waals surface area contributed by atoms with E-state index in [4.69, 9.17) is 10.8 Å². The lowest BCUT2D eigenvalue weighted by Crippen LogP contribution is -2.34. The van der Waals surface area contributed by atoms with Crippen LogP contribution in [0.15, 0.2) is 11.0 Å². The molecule has 0 bridgehead atoms. The van der Waals surface area contributed by atoms with Gasteiger partial charge in [-0.05, 0) is 56.9 Å². The molecule has 108 valence electrons. The molecule has 5 nitrogen and oxygen atoms in total. The van der Waals surface area contributed by atoms with E-state index < -0.39 is 10.0 Å². The molecule has 6 heteroatoms. The number of anilines is 1. The molecule has 4 N–H and O–H groups in total. The smallest absolute Gasteiger partial charge is 0.241 e. The number of aliphatic hydroxyl groups is 1. The number of aliphatic hydroxyl groups excluding tert-OH is 1. The number of hydrogen-bond donors (Lipinski definition) is 3. The summed E-state index contributed by atoms with van der Waals surface area (Å²) in [6.07, 6.45) is 0.374. The van der Waals surface area contributed by atoms with Crippen LogP contribution in [0.4, 0.5) is 5.69 Å². The molecule has 1 aromatic carbocycles. The van der Waals surface area contributed by atoms with E-state index in [1.165, 1.54) is 0 Å². The van der Waals surface area contributed by atoms with E-state index in [-0.39, 0.29) is 17.5 Å². The molecule has 0 heterocycles. The minimum Gasteiger partial charge on any atom is -0.398 e. The van der Waals surface area contributed by atoms with Crippen molar-refractivity contribution in [1.29, 1.82) is 0 Å². The fourth-order valence-electron chi connectivity index (χ4n) is 2.02. The van der Waals surface area contributed by atoms with Gasteiger partial charge >= 0.3 is 0 Å². The molecular weight excluding hydrogens is 264 g/mol. The first kappa shape index (κ1) is 15.9. The SMILES string of the molecule is Cc1cc(N)c(C)c(S(=O)(=O)NC(C)CCO)c1C. The van der Waals surface area contributed by atoms with Crippen LogP contribution in [0.3, 0.4) is 0 Å². The van der Waals surface area contributed by atoms with Gasteiger partial charge in [-0.25, -0.2) is 13.1 Å². The predicted octanol–water partition coefficient (Wildman–Crippen LogP) is 1.24. The fourth-order valence-corrected chi connectivity index (χ4v) is 3.87. The van der Waals surface area contributed by atoms with Crippen LogP contribution in [0, 0.1) is 20.8 Å². The normalized spacial score (nSPS) is 13.5. The summed E-state index contributed by atoms with van der Waals surface area (Å²) in [6.45, 7) is 6.97. The second-order valence-corrected chi connectivity index (χ2v) is 6.55. The highest BCUT2D eigenvalue weighted by Gasteiger charge is 2.23. The fraction of sp³-hybridized carbons (Fsp3) is 0.538. The summed E-state index contributed by atoms with van der Waals surface area (Å²) in [5.74, 6) is 0. The zero-order valence-corrected chi connectivity index (χ0v) is 12.6. The van der Waals surface area contributed by atoms with Gasteiger partial charge in [0.25, 0.3) is 0 Å². The van der Waals surface area contributed by atoms with Gasteiger partial charge in [-0.15, -0.1) is 0 Å². The number of nitrogens with two attached hydrogens (primary N) is 1. The average molecular weight is 286 g/mol. The summed E-state index contributed by atoms with van der Waals surface area (Å²) < 4.78 is 27.4. The van der Waals surface area contributed by atoms with Crippen molar-refractivity contribution in [2.75, 3.05) is 12.3 Å². The summed E-state index contributed by atoms with van der Waals surface area (Å²) in [4.78, 5) is 0.245. The summed E-state index contributed by atoms with van der Waals surface area (Å²) in [5, 5.41) is 8.85. The summed E-state index contributed by atoms with van der Waals surface area (Å²) >= 11 is 0. The van der Waals surface area contributed by atoms with Crippen molar-refractivity contribution in [1.82, 2.24) is 4.72 Å². The lowest BCUT2D eigenvalue weighted by atomic mass is 10.1. The Labute approximate surface area is 114 Å². The number of aryl methyl sites for hydroxylation is 1. The molecule has 1 rings (SSSR count). The van der Waals surface area contributed by atoms with Crippen molar-refractivity contribution < 1.29 is 13.5 Å². The van der Waals surface area contributed by atoms with Crippen LogP contribution >= 0.6 is 0 Å². The van der Waals surface area contributed by atoms with E-state index in [0.29, 0.717) is 23.2 Å². The largest absolute Gasteiger partial charge is 0.398 e. The first-order chi connectivity index (χ1) is 8.70. The quantitative estimate of drug-likeness (QED) is 0.710. The first-order valence-corrected chi connectivity index (χ1v) is 7.68. The van der Waals surface area contributed by atoms with Crippen molar-refractivity contribution in [3.63, 3.8) is 0 Å². The van der Waals surface area contributed by atoms with Crippen molar-refractivity contribution in [3.05, 3.63) is 22.8 Å². The molecule has 1 atom stereocenters. The van der Waals surface area contributed by atoms with Crippen LogP contribution in [0.25, 0.3) is 0 Å². The number of nitrogens with one attached hydrogen (secondary N) is 1. The average Bonchev–Trinajstić information content (AvgIpc) is 2.25. The van der Waals surface area contributed by atoms with Gasteiger partial charge in [-0.3, -0.25) is 0 Å². The molecule has 0 aliphatic rings. The number of hydrogen-bond acceptors (Lipinski definition) is 4. The van der Waals surface area contributed by atoms with E-state index in [0.717, 1.165) is 5.56 Å². The minimum atomic E-state index is -3.63. The third-order valence-corrected chi connectivity index (χ3v) is 5.13. The maximum Gasteiger partial charge on any atom is 0.241 e. The molecule has 1 unspecified atom stereocenters. The molecule has 0 saturated heterocycles.